The van der Waals surface area contributed by atoms with Crippen molar-refractivity contribution in [2.45, 2.75) is 26.8 Å². The summed E-state index contributed by atoms with van der Waals surface area (Å²) in [6.45, 7) is 4.17. The average molecular weight is 216 g/mol. The van der Waals surface area contributed by atoms with Crippen LogP contribution >= 0.6 is 11.6 Å². The van der Waals surface area contributed by atoms with E-state index in [1.165, 1.54) is 4.57 Å². The number of rotatable bonds is 3. The van der Waals surface area contributed by atoms with Gasteiger partial charge < -0.3 is 5.73 Å². The van der Waals surface area contributed by atoms with Crippen molar-refractivity contribution in [3.63, 3.8) is 0 Å². The first kappa shape index (κ1) is 11.0. The lowest BCUT2D eigenvalue weighted by Crippen LogP contribution is -2.28. The van der Waals surface area contributed by atoms with Crippen molar-refractivity contribution < 1.29 is 0 Å². The van der Waals surface area contributed by atoms with Crippen molar-refractivity contribution in [3.8, 4) is 0 Å². The number of nitrogens with zero attached hydrogens (tertiary/aromatic N) is 2. The average Bonchev–Trinajstić information content (AvgIpc) is 2.12. The Labute approximate surface area is 87.7 Å². The van der Waals surface area contributed by atoms with Gasteiger partial charge >= 0.3 is 0 Å². The summed E-state index contributed by atoms with van der Waals surface area (Å²) >= 11 is 5.61. The lowest BCUT2D eigenvalue weighted by Gasteiger charge is -2.10. The maximum absolute atomic E-state index is 11.8. The SMILES string of the molecule is CCn1c(N)nc(C)c(CCCl)c1=O. The minimum atomic E-state index is -0.0712. The molecule has 2 N–H and O–H groups in total. The third-order valence-corrected chi connectivity index (χ3v) is 2.35. The van der Waals surface area contributed by atoms with E-state index in [4.69, 9.17) is 17.3 Å². The van der Waals surface area contributed by atoms with E-state index >= 15 is 0 Å². The topological polar surface area (TPSA) is 60.9 Å². The summed E-state index contributed by atoms with van der Waals surface area (Å²) in [5.41, 5.74) is 6.89. The molecule has 14 heavy (non-hydrogen) atoms. The van der Waals surface area contributed by atoms with Crippen LogP contribution in [0.4, 0.5) is 5.95 Å². The first-order valence-corrected chi connectivity index (χ1v) is 5.07. The van der Waals surface area contributed by atoms with E-state index in [0.717, 1.165) is 0 Å². The van der Waals surface area contributed by atoms with Crippen LogP contribution in [0.5, 0.6) is 0 Å². The number of aryl methyl sites for hydroxylation is 1. The van der Waals surface area contributed by atoms with Crippen molar-refractivity contribution in [2.75, 3.05) is 11.6 Å². The van der Waals surface area contributed by atoms with Gasteiger partial charge in [-0.1, -0.05) is 0 Å². The molecule has 4 nitrogen and oxygen atoms in total. The summed E-state index contributed by atoms with van der Waals surface area (Å²) in [6.07, 6.45) is 0.541. The van der Waals surface area contributed by atoms with E-state index in [-0.39, 0.29) is 11.5 Å². The van der Waals surface area contributed by atoms with Crippen molar-refractivity contribution in [1.82, 2.24) is 9.55 Å². The van der Waals surface area contributed by atoms with Gasteiger partial charge in [-0.25, -0.2) is 4.98 Å². The van der Waals surface area contributed by atoms with Gasteiger partial charge in [0, 0.05) is 23.7 Å². The Kier molecular flexibility index (Phi) is 3.52. The Morgan fingerprint density at radius 2 is 2.21 bits per heavy atom. The fraction of sp³-hybridized carbons (Fsp3) is 0.556. The Hall–Kier alpha value is -1.03. The fourth-order valence-corrected chi connectivity index (χ4v) is 1.60. The number of nitrogens with two attached hydrogens (primary N) is 1. The molecular weight excluding hydrogens is 202 g/mol. The molecule has 0 radical (unpaired) electrons. The van der Waals surface area contributed by atoms with Crippen LogP contribution in [0.25, 0.3) is 0 Å². The molecular formula is C9H14ClN3O. The Morgan fingerprint density at radius 1 is 1.57 bits per heavy atom. The molecule has 0 aliphatic rings. The second-order valence-electron chi connectivity index (χ2n) is 3.02. The molecule has 1 heterocycles. The molecule has 0 aromatic carbocycles. The fourth-order valence-electron chi connectivity index (χ4n) is 1.41. The van der Waals surface area contributed by atoms with Crippen molar-refractivity contribution >= 4 is 17.5 Å². The van der Waals surface area contributed by atoms with E-state index in [0.29, 0.717) is 30.1 Å². The molecule has 0 fully saturated rings. The van der Waals surface area contributed by atoms with E-state index in [2.05, 4.69) is 4.98 Å². The molecule has 0 bridgehead atoms. The standard InChI is InChI=1S/C9H14ClN3O/c1-3-13-8(14)7(4-5-10)6(2)12-9(13)11/h3-5H2,1-2H3,(H2,11,12). The summed E-state index contributed by atoms with van der Waals surface area (Å²) in [5.74, 6) is 0.694. The number of nitrogen functional groups attached to an aromatic ring is 1. The quantitative estimate of drug-likeness (QED) is 0.764. The van der Waals surface area contributed by atoms with Crippen LogP contribution < -0.4 is 11.3 Å². The molecule has 0 aliphatic heterocycles. The summed E-state index contributed by atoms with van der Waals surface area (Å²) in [4.78, 5) is 15.9. The number of aromatic nitrogens is 2. The lowest BCUT2D eigenvalue weighted by atomic mass is 10.2. The van der Waals surface area contributed by atoms with Gasteiger partial charge in [0.25, 0.3) is 5.56 Å². The molecule has 0 amide bonds. The summed E-state index contributed by atoms with van der Waals surface area (Å²) in [7, 11) is 0. The van der Waals surface area contributed by atoms with Gasteiger partial charge in [-0.2, -0.15) is 0 Å². The smallest absolute Gasteiger partial charge is 0.258 e. The van der Waals surface area contributed by atoms with E-state index in [1.54, 1.807) is 6.92 Å². The van der Waals surface area contributed by atoms with Crippen LogP contribution in [0.3, 0.4) is 0 Å². The molecule has 0 unspecified atom stereocenters. The molecule has 78 valence electrons. The molecule has 1 aromatic heterocycles. The van der Waals surface area contributed by atoms with E-state index < -0.39 is 0 Å². The van der Waals surface area contributed by atoms with Gasteiger partial charge in [0.15, 0.2) is 0 Å². The highest BCUT2D eigenvalue weighted by Crippen LogP contribution is 2.04. The van der Waals surface area contributed by atoms with Crippen LogP contribution in [0.15, 0.2) is 4.79 Å². The van der Waals surface area contributed by atoms with Gasteiger partial charge in [-0.3, -0.25) is 9.36 Å². The number of halogens is 1. The minimum absolute atomic E-state index is 0.0712. The van der Waals surface area contributed by atoms with Crippen molar-refractivity contribution in [2.24, 2.45) is 0 Å². The molecule has 0 saturated heterocycles. The zero-order chi connectivity index (χ0) is 10.7. The Morgan fingerprint density at radius 3 is 2.71 bits per heavy atom. The van der Waals surface area contributed by atoms with Gasteiger partial charge in [0.2, 0.25) is 5.95 Å². The molecule has 1 rings (SSSR count). The predicted molar refractivity (Wildman–Crippen MR) is 57.7 cm³/mol. The van der Waals surface area contributed by atoms with E-state index in [1.807, 2.05) is 6.92 Å². The minimum Gasteiger partial charge on any atom is -0.369 e. The molecule has 0 atom stereocenters. The van der Waals surface area contributed by atoms with Crippen molar-refractivity contribution in [3.05, 3.63) is 21.6 Å². The van der Waals surface area contributed by atoms with Crippen LogP contribution in [0.2, 0.25) is 0 Å². The highest BCUT2D eigenvalue weighted by molar-refractivity contribution is 6.17. The zero-order valence-electron chi connectivity index (χ0n) is 8.38. The van der Waals surface area contributed by atoms with E-state index in [9.17, 15) is 4.79 Å². The first-order chi connectivity index (χ1) is 6.61. The summed E-state index contributed by atoms with van der Waals surface area (Å²) < 4.78 is 1.45. The van der Waals surface area contributed by atoms with Gasteiger partial charge in [0.1, 0.15) is 0 Å². The van der Waals surface area contributed by atoms with Crippen LogP contribution in [0.1, 0.15) is 18.2 Å². The predicted octanol–water partition coefficient (Wildman–Crippen LogP) is 0.935. The molecule has 0 spiro atoms. The maximum Gasteiger partial charge on any atom is 0.258 e. The number of hydrogen-bond acceptors (Lipinski definition) is 3. The van der Waals surface area contributed by atoms with Crippen LogP contribution in [-0.4, -0.2) is 15.4 Å². The first-order valence-electron chi connectivity index (χ1n) is 4.53. The zero-order valence-corrected chi connectivity index (χ0v) is 9.14. The van der Waals surface area contributed by atoms with Gasteiger partial charge in [-0.15, -0.1) is 11.6 Å². The molecule has 1 aromatic rings. The van der Waals surface area contributed by atoms with Crippen LogP contribution in [-0.2, 0) is 13.0 Å². The normalized spacial score (nSPS) is 10.5. The second kappa shape index (κ2) is 4.46. The van der Waals surface area contributed by atoms with Gasteiger partial charge in [0.05, 0.1) is 0 Å². The highest BCUT2D eigenvalue weighted by Gasteiger charge is 2.10. The van der Waals surface area contributed by atoms with Crippen LogP contribution in [0, 0.1) is 6.92 Å². The second-order valence-corrected chi connectivity index (χ2v) is 3.40. The summed E-state index contributed by atoms with van der Waals surface area (Å²) in [5, 5.41) is 0. The van der Waals surface area contributed by atoms with Gasteiger partial charge in [-0.05, 0) is 20.3 Å². The number of anilines is 1. The summed E-state index contributed by atoms with van der Waals surface area (Å²) in [6, 6.07) is 0. The largest absolute Gasteiger partial charge is 0.369 e. The third-order valence-electron chi connectivity index (χ3n) is 2.16. The van der Waals surface area contributed by atoms with Crippen molar-refractivity contribution in [1.29, 1.82) is 0 Å². The molecule has 5 heteroatoms. The molecule has 0 aliphatic carbocycles. The maximum atomic E-state index is 11.8. The Balaban J connectivity index is 3.36. The third kappa shape index (κ3) is 1.90. The highest BCUT2D eigenvalue weighted by atomic mass is 35.5. The number of alkyl halides is 1. The molecule has 0 saturated carbocycles. The number of hydrogen-bond donors (Lipinski definition) is 1. The lowest BCUT2D eigenvalue weighted by molar-refractivity contribution is 0.703. The Bertz CT molecular complexity index is 386. The monoisotopic (exact) mass is 215 g/mol.